The lowest BCUT2D eigenvalue weighted by atomic mass is 10.2. The molecule has 82 valence electrons. The molecule has 0 bridgehead atoms. The summed E-state index contributed by atoms with van der Waals surface area (Å²) in [4.78, 5) is 6.14. The van der Waals surface area contributed by atoms with Crippen LogP contribution in [0.5, 0.6) is 0 Å². The van der Waals surface area contributed by atoms with Crippen LogP contribution in [0.1, 0.15) is 53.3 Å². The van der Waals surface area contributed by atoms with Crippen LogP contribution in [0.15, 0.2) is 0 Å². The number of thiol groups is 1. The molecule has 1 aromatic heterocycles. The number of thiazole rings is 1. The number of nitrogens with zero attached hydrogens (tertiary/aromatic N) is 1. The molecule has 1 saturated carbocycles. The van der Waals surface area contributed by atoms with Gasteiger partial charge < -0.3 is 4.74 Å². The maximum atomic E-state index is 5.67. The zero-order chi connectivity index (χ0) is 10.3. The summed E-state index contributed by atoms with van der Waals surface area (Å²) in [6.45, 7) is 0.902. The molecule has 2 heterocycles. The van der Waals surface area contributed by atoms with E-state index < -0.39 is 0 Å². The molecule has 1 saturated heterocycles. The van der Waals surface area contributed by atoms with Gasteiger partial charge in [0, 0.05) is 23.2 Å². The Hall–Kier alpha value is -0.0600. The average Bonchev–Trinajstić information content (AvgIpc) is 2.83. The van der Waals surface area contributed by atoms with Crippen molar-refractivity contribution in [1.29, 1.82) is 0 Å². The molecule has 4 heteroatoms. The molecule has 3 rings (SSSR count). The van der Waals surface area contributed by atoms with Gasteiger partial charge in [-0.25, -0.2) is 4.98 Å². The van der Waals surface area contributed by atoms with Crippen LogP contribution in [0.4, 0.5) is 0 Å². The van der Waals surface area contributed by atoms with Gasteiger partial charge >= 0.3 is 0 Å². The van der Waals surface area contributed by atoms with Gasteiger partial charge in [-0.15, -0.1) is 11.3 Å². The van der Waals surface area contributed by atoms with Crippen LogP contribution in [0.2, 0.25) is 0 Å². The maximum absolute atomic E-state index is 5.67. The third kappa shape index (κ3) is 1.95. The first-order chi connectivity index (χ1) is 7.38. The van der Waals surface area contributed by atoms with E-state index in [1.165, 1.54) is 34.8 Å². The first-order valence-corrected chi connectivity index (χ1v) is 7.05. The minimum absolute atomic E-state index is 0.279. The van der Waals surface area contributed by atoms with E-state index in [0.717, 1.165) is 24.7 Å². The molecule has 2 aliphatic rings. The molecule has 1 aromatic rings. The highest BCUT2D eigenvalue weighted by Crippen LogP contribution is 2.44. The molecule has 1 aliphatic carbocycles. The first-order valence-electron chi connectivity index (χ1n) is 5.60. The standard InChI is InChI=1S/C11H15NOS2/c14-6-9-10(7-3-4-7)12-11(15-9)8-2-1-5-13-8/h7-8,14H,1-6H2. The van der Waals surface area contributed by atoms with Crippen molar-refractivity contribution in [3.63, 3.8) is 0 Å². The summed E-state index contributed by atoms with van der Waals surface area (Å²) in [5.41, 5.74) is 1.32. The summed E-state index contributed by atoms with van der Waals surface area (Å²) >= 11 is 6.20. The van der Waals surface area contributed by atoms with Gasteiger partial charge in [0.2, 0.25) is 0 Å². The average molecular weight is 241 g/mol. The van der Waals surface area contributed by atoms with Gasteiger partial charge in [0.15, 0.2) is 0 Å². The molecule has 0 spiro atoms. The van der Waals surface area contributed by atoms with Crippen molar-refractivity contribution in [3.05, 3.63) is 15.6 Å². The summed E-state index contributed by atoms with van der Waals surface area (Å²) in [6.07, 6.45) is 5.23. The summed E-state index contributed by atoms with van der Waals surface area (Å²) in [7, 11) is 0. The summed E-state index contributed by atoms with van der Waals surface area (Å²) in [6, 6.07) is 0. The van der Waals surface area contributed by atoms with Gasteiger partial charge in [-0.2, -0.15) is 12.6 Å². The fourth-order valence-corrected chi connectivity index (χ4v) is 3.53. The lowest BCUT2D eigenvalue weighted by Gasteiger charge is -2.03. The van der Waals surface area contributed by atoms with E-state index in [0.29, 0.717) is 0 Å². The van der Waals surface area contributed by atoms with Gasteiger partial charge in [0.25, 0.3) is 0 Å². The molecule has 0 amide bonds. The van der Waals surface area contributed by atoms with Crippen LogP contribution < -0.4 is 0 Å². The molecule has 0 N–H and O–H groups in total. The number of rotatable bonds is 3. The monoisotopic (exact) mass is 241 g/mol. The van der Waals surface area contributed by atoms with Crippen LogP contribution in [-0.4, -0.2) is 11.6 Å². The molecule has 0 radical (unpaired) electrons. The summed E-state index contributed by atoms with van der Waals surface area (Å²) < 4.78 is 5.67. The van der Waals surface area contributed by atoms with Crippen LogP contribution in [0.3, 0.4) is 0 Å². The predicted octanol–water partition coefficient (Wildman–Crippen LogP) is 3.30. The second-order valence-corrected chi connectivity index (χ2v) is 5.73. The molecular formula is C11H15NOS2. The molecule has 1 atom stereocenters. The summed E-state index contributed by atoms with van der Waals surface area (Å²) in [5, 5.41) is 1.19. The normalized spacial score (nSPS) is 26.1. The van der Waals surface area contributed by atoms with Crippen LogP contribution in [0.25, 0.3) is 0 Å². The minimum Gasteiger partial charge on any atom is -0.371 e. The Balaban J connectivity index is 1.88. The Bertz CT molecular complexity index is 353. The quantitative estimate of drug-likeness (QED) is 0.820. The second kappa shape index (κ2) is 4.07. The van der Waals surface area contributed by atoms with Crippen LogP contribution in [-0.2, 0) is 10.5 Å². The maximum Gasteiger partial charge on any atom is 0.122 e. The Morgan fingerprint density at radius 2 is 2.27 bits per heavy atom. The van der Waals surface area contributed by atoms with Gasteiger partial charge in [-0.05, 0) is 25.7 Å². The number of ether oxygens (including phenoxy) is 1. The lowest BCUT2D eigenvalue weighted by Crippen LogP contribution is -1.95. The largest absolute Gasteiger partial charge is 0.371 e. The van der Waals surface area contributed by atoms with E-state index in [4.69, 9.17) is 9.72 Å². The van der Waals surface area contributed by atoms with E-state index in [-0.39, 0.29) is 6.10 Å². The van der Waals surface area contributed by atoms with Crippen LogP contribution >= 0.6 is 24.0 Å². The van der Waals surface area contributed by atoms with E-state index in [1.807, 2.05) is 11.3 Å². The van der Waals surface area contributed by atoms with Gasteiger partial charge in [-0.1, -0.05) is 0 Å². The molecule has 2 nitrogen and oxygen atoms in total. The molecule has 15 heavy (non-hydrogen) atoms. The predicted molar refractivity (Wildman–Crippen MR) is 64.7 cm³/mol. The molecular weight excluding hydrogens is 226 g/mol. The fourth-order valence-electron chi connectivity index (χ4n) is 2.08. The lowest BCUT2D eigenvalue weighted by molar-refractivity contribution is 0.111. The number of aromatic nitrogens is 1. The highest BCUT2D eigenvalue weighted by atomic mass is 32.1. The highest BCUT2D eigenvalue weighted by Gasteiger charge is 2.31. The Kier molecular flexibility index (Phi) is 2.75. The van der Waals surface area contributed by atoms with Crippen molar-refractivity contribution in [2.24, 2.45) is 0 Å². The van der Waals surface area contributed by atoms with Crippen molar-refractivity contribution in [3.8, 4) is 0 Å². The molecule has 0 aromatic carbocycles. The van der Waals surface area contributed by atoms with Crippen molar-refractivity contribution >= 4 is 24.0 Å². The van der Waals surface area contributed by atoms with Crippen molar-refractivity contribution < 1.29 is 4.74 Å². The second-order valence-electron chi connectivity index (χ2n) is 4.29. The van der Waals surface area contributed by atoms with E-state index in [1.54, 1.807) is 0 Å². The van der Waals surface area contributed by atoms with Crippen LogP contribution in [0, 0.1) is 0 Å². The third-order valence-electron chi connectivity index (χ3n) is 3.06. The van der Waals surface area contributed by atoms with E-state index in [2.05, 4.69) is 12.6 Å². The molecule has 2 fully saturated rings. The van der Waals surface area contributed by atoms with Crippen molar-refractivity contribution in [2.75, 3.05) is 6.61 Å². The van der Waals surface area contributed by atoms with E-state index in [9.17, 15) is 0 Å². The zero-order valence-electron chi connectivity index (χ0n) is 8.61. The van der Waals surface area contributed by atoms with Crippen molar-refractivity contribution in [1.82, 2.24) is 4.98 Å². The first kappa shape index (κ1) is 10.1. The number of hydrogen-bond acceptors (Lipinski definition) is 4. The minimum atomic E-state index is 0.279. The van der Waals surface area contributed by atoms with Gasteiger partial charge in [-0.3, -0.25) is 0 Å². The van der Waals surface area contributed by atoms with Crippen molar-refractivity contribution in [2.45, 2.75) is 43.5 Å². The molecule has 1 unspecified atom stereocenters. The highest BCUT2D eigenvalue weighted by molar-refractivity contribution is 7.79. The Morgan fingerprint density at radius 1 is 1.40 bits per heavy atom. The smallest absolute Gasteiger partial charge is 0.122 e. The summed E-state index contributed by atoms with van der Waals surface area (Å²) in [5.74, 6) is 1.56. The fraction of sp³-hybridized carbons (Fsp3) is 0.727. The Labute approximate surface area is 99.5 Å². The Morgan fingerprint density at radius 3 is 2.87 bits per heavy atom. The topological polar surface area (TPSA) is 22.1 Å². The van der Waals surface area contributed by atoms with Gasteiger partial charge in [0.05, 0.1) is 5.69 Å². The van der Waals surface area contributed by atoms with E-state index >= 15 is 0 Å². The molecule has 1 aliphatic heterocycles. The number of hydrogen-bond donors (Lipinski definition) is 1. The van der Waals surface area contributed by atoms with Gasteiger partial charge in [0.1, 0.15) is 11.1 Å². The SMILES string of the molecule is SCc1sc(C2CCCO2)nc1C1CC1. The third-order valence-corrected chi connectivity index (χ3v) is 4.75. The zero-order valence-corrected chi connectivity index (χ0v) is 10.3.